The summed E-state index contributed by atoms with van der Waals surface area (Å²) in [6, 6.07) is 35.4. The highest BCUT2D eigenvalue weighted by atomic mass is 15.0. The van der Waals surface area contributed by atoms with E-state index in [9.17, 15) is 0 Å². The van der Waals surface area contributed by atoms with Crippen molar-refractivity contribution in [2.24, 2.45) is 4.99 Å². The van der Waals surface area contributed by atoms with Gasteiger partial charge in [0.1, 0.15) is 0 Å². The summed E-state index contributed by atoms with van der Waals surface area (Å²) in [4.78, 5) is 5.01. The van der Waals surface area contributed by atoms with E-state index in [-0.39, 0.29) is 5.92 Å². The van der Waals surface area contributed by atoms with Crippen LogP contribution in [0, 0.1) is 6.07 Å². The molecule has 1 aliphatic heterocycles. The second kappa shape index (κ2) is 6.66. The standard InChI is InChI=1S/C30H19N2/c1-2-9-21(10-3-1)32-28-16-7-5-12-24(28)26-19-20(17-18-29(26)32)22-13-8-14-25-23-11-4-6-15-27(23)31-30(22)25/h1-4,6-19,22H. The highest BCUT2D eigenvalue weighted by Crippen LogP contribution is 2.43. The number of hydrogen-bond acceptors (Lipinski definition) is 1. The molecule has 0 bridgehead atoms. The molecule has 32 heavy (non-hydrogen) atoms. The molecule has 4 aromatic carbocycles. The first kappa shape index (κ1) is 17.5. The van der Waals surface area contributed by atoms with Crippen LogP contribution in [0.15, 0.2) is 114 Å². The van der Waals surface area contributed by atoms with Crippen molar-refractivity contribution in [2.45, 2.75) is 5.92 Å². The maximum Gasteiger partial charge on any atom is 0.0712 e. The zero-order chi connectivity index (χ0) is 21.1. The van der Waals surface area contributed by atoms with Crippen LogP contribution >= 0.6 is 0 Å². The van der Waals surface area contributed by atoms with Crippen LogP contribution in [0.4, 0.5) is 5.69 Å². The summed E-state index contributed by atoms with van der Waals surface area (Å²) in [5.41, 5.74) is 9.53. The molecule has 0 N–H and O–H groups in total. The van der Waals surface area contributed by atoms with E-state index in [1.165, 1.54) is 44.2 Å². The van der Waals surface area contributed by atoms with Gasteiger partial charge < -0.3 is 4.57 Å². The van der Waals surface area contributed by atoms with Gasteiger partial charge >= 0.3 is 0 Å². The minimum atomic E-state index is 0.148. The van der Waals surface area contributed by atoms with Crippen LogP contribution in [0.5, 0.6) is 0 Å². The predicted octanol–water partition coefficient (Wildman–Crippen LogP) is 7.41. The number of hydrogen-bond donors (Lipinski definition) is 0. The van der Waals surface area contributed by atoms with Gasteiger partial charge in [0, 0.05) is 33.5 Å². The van der Waals surface area contributed by atoms with Crippen molar-refractivity contribution in [3.05, 3.63) is 126 Å². The van der Waals surface area contributed by atoms with E-state index >= 15 is 0 Å². The Morgan fingerprint density at radius 3 is 2.59 bits per heavy atom. The fourth-order valence-corrected chi connectivity index (χ4v) is 5.14. The van der Waals surface area contributed by atoms with Crippen LogP contribution in [-0.2, 0) is 0 Å². The second-order valence-electron chi connectivity index (χ2n) is 8.35. The maximum atomic E-state index is 5.01. The number of para-hydroxylation sites is 2. The third kappa shape index (κ3) is 2.44. The van der Waals surface area contributed by atoms with Gasteiger partial charge in [-0.15, -0.1) is 0 Å². The predicted molar refractivity (Wildman–Crippen MR) is 133 cm³/mol. The van der Waals surface area contributed by atoms with Gasteiger partial charge in [0.2, 0.25) is 0 Å². The first-order valence-corrected chi connectivity index (χ1v) is 10.9. The Balaban J connectivity index is 1.43. The molecule has 5 aromatic rings. The number of allylic oxidation sites excluding steroid dienone is 4. The summed E-state index contributed by atoms with van der Waals surface area (Å²) >= 11 is 0. The smallest absolute Gasteiger partial charge is 0.0712 e. The summed E-state index contributed by atoms with van der Waals surface area (Å²) in [5.74, 6) is 0.148. The van der Waals surface area contributed by atoms with Crippen molar-refractivity contribution < 1.29 is 0 Å². The highest BCUT2D eigenvalue weighted by molar-refractivity contribution is 6.32. The largest absolute Gasteiger partial charge is 0.309 e. The molecule has 1 radical (unpaired) electrons. The molecule has 1 aromatic heterocycles. The number of nitrogens with zero attached hydrogens (tertiary/aromatic N) is 2. The number of aromatic nitrogens is 1. The molecule has 149 valence electrons. The minimum absolute atomic E-state index is 0.148. The fraction of sp³-hybridized carbons (Fsp3) is 0.0333. The average Bonchev–Trinajstić information content (AvgIpc) is 3.40. The lowest BCUT2D eigenvalue weighted by atomic mass is 9.84. The molecule has 0 saturated carbocycles. The zero-order valence-electron chi connectivity index (χ0n) is 17.4. The molecule has 0 fully saturated rings. The molecule has 0 spiro atoms. The maximum absolute atomic E-state index is 5.01. The van der Waals surface area contributed by atoms with Crippen LogP contribution in [0.2, 0.25) is 0 Å². The van der Waals surface area contributed by atoms with Gasteiger partial charge in [-0.3, -0.25) is 4.99 Å². The minimum Gasteiger partial charge on any atom is -0.309 e. The molecule has 1 aliphatic carbocycles. The van der Waals surface area contributed by atoms with Crippen LogP contribution in [0.25, 0.3) is 33.1 Å². The Kier molecular flexibility index (Phi) is 3.65. The lowest BCUT2D eigenvalue weighted by Crippen LogP contribution is -2.12. The number of rotatable bonds is 2. The summed E-state index contributed by atoms with van der Waals surface area (Å²) in [6.45, 7) is 0. The van der Waals surface area contributed by atoms with E-state index in [2.05, 4.69) is 114 Å². The van der Waals surface area contributed by atoms with E-state index in [1.807, 2.05) is 6.07 Å². The van der Waals surface area contributed by atoms with Crippen molar-refractivity contribution in [1.29, 1.82) is 0 Å². The van der Waals surface area contributed by atoms with Gasteiger partial charge in [-0.1, -0.05) is 66.8 Å². The lowest BCUT2D eigenvalue weighted by Gasteiger charge is -2.19. The SMILES string of the molecule is [c]1ccc2c(c1)c1cc(C3C=CC=C4C3=Nc3ccccc34)ccc1n2-c1ccccc1. The Labute approximate surface area is 186 Å². The van der Waals surface area contributed by atoms with E-state index in [0.717, 1.165) is 11.4 Å². The third-order valence-corrected chi connectivity index (χ3v) is 6.58. The van der Waals surface area contributed by atoms with Gasteiger partial charge in [-0.25, -0.2) is 0 Å². The third-order valence-electron chi connectivity index (χ3n) is 6.58. The van der Waals surface area contributed by atoms with E-state index < -0.39 is 0 Å². The number of fused-ring (bicyclic) bond motifs is 6. The monoisotopic (exact) mass is 407 g/mol. The van der Waals surface area contributed by atoms with Crippen molar-refractivity contribution in [1.82, 2.24) is 4.57 Å². The number of benzene rings is 4. The fourth-order valence-electron chi connectivity index (χ4n) is 5.14. The van der Waals surface area contributed by atoms with Crippen LogP contribution < -0.4 is 0 Å². The molecule has 2 nitrogen and oxygen atoms in total. The van der Waals surface area contributed by atoms with Crippen molar-refractivity contribution in [2.75, 3.05) is 0 Å². The molecule has 7 rings (SSSR count). The Morgan fingerprint density at radius 1 is 0.812 bits per heavy atom. The average molecular weight is 407 g/mol. The van der Waals surface area contributed by atoms with Gasteiger partial charge in [0.25, 0.3) is 0 Å². The Morgan fingerprint density at radius 2 is 1.66 bits per heavy atom. The van der Waals surface area contributed by atoms with E-state index in [4.69, 9.17) is 4.99 Å². The topological polar surface area (TPSA) is 17.3 Å². The molecule has 1 unspecified atom stereocenters. The summed E-state index contributed by atoms with van der Waals surface area (Å²) in [6.07, 6.45) is 6.63. The van der Waals surface area contributed by atoms with Gasteiger partial charge in [0.15, 0.2) is 0 Å². The van der Waals surface area contributed by atoms with Gasteiger partial charge in [-0.2, -0.15) is 0 Å². The molecule has 0 amide bonds. The van der Waals surface area contributed by atoms with Crippen LogP contribution in [0.1, 0.15) is 17.0 Å². The first-order valence-electron chi connectivity index (χ1n) is 10.9. The van der Waals surface area contributed by atoms with Crippen molar-refractivity contribution >= 4 is 38.8 Å². The highest BCUT2D eigenvalue weighted by Gasteiger charge is 2.29. The molecule has 2 heterocycles. The van der Waals surface area contributed by atoms with E-state index in [1.54, 1.807) is 0 Å². The van der Waals surface area contributed by atoms with E-state index in [0.29, 0.717) is 0 Å². The molecular formula is C30H19N2. The quantitative estimate of drug-likeness (QED) is 0.290. The molecular weight excluding hydrogens is 388 g/mol. The summed E-state index contributed by atoms with van der Waals surface area (Å²) < 4.78 is 2.34. The van der Waals surface area contributed by atoms with Crippen molar-refractivity contribution in [3.63, 3.8) is 0 Å². The second-order valence-corrected chi connectivity index (χ2v) is 8.35. The summed E-state index contributed by atoms with van der Waals surface area (Å²) in [5, 5.41) is 2.47. The summed E-state index contributed by atoms with van der Waals surface area (Å²) in [7, 11) is 0. The zero-order valence-corrected chi connectivity index (χ0v) is 17.4. The van der Waals surface area contributed by atoms with Crippen LogP contribution in [0.3, 0.4) is 0 Å². The first-order chi connectivity index (χ1) is 15.9. The number of aliphatic imine (C=N–C) groups is 1. The van der Waals surface area contributed by atoms with Gasteiger partial charge in [0.05, 0.1) is 22.4 Å². The molecule has 2 aliphatic rings. The van der Waals surface area contributed by atoms with Crippen LogP contribution in [-0.4, -0.2) is 10.3 Å². The Hall–Kier alpha value is -4.17. The Bertz CT molecular complexity index is 1610. The van der Waals surface area contributed by atoms with Gasteiger partial charge in [-0.05, 0) is 54.1 Å². The van der Waals surface area contributed by atoms with Crippen molar-refractivity contribution in [3.8, 4) is 5.69 Å². The normalized spacial score (nSPS) is 16.7. The molecule has 2 heteroatoms. The molecule has 1 atom stereocenters. The lowest BCUT2D eigenvalue weighted by molar-refractivity contribution is 1.14. The molecule has 0 saturated heterocycles.